The van der Waals surface area contributed by atoms with Gasteiger partial charge in [-0.15, -0.1) is 10.2 Å². The number of aromatic nitrogens is 2. The number of amides is 3. The Bertz CT molecular complexity index is 753. The van der Waals surface area contributed by atoms with E-state index in [0.29, 0.717) is 20.7 Å². The van der Waals surface area contributed by atoms with Gasteiger partial charge in [0.2, 0.25) is 5.13 Å². The van der Waals surface area contributed by atoms with Gasteiger partial charge in [-0.3, -0.25) is 10.1 Å². The van der Waals surface area contributed by atoms with Crippen LogP contribution in [0.25, 0.3) is 0 Å². The SMILES string of the molecule is CCCc1nnc(NC(=O)NCCNC(=O)c2ccc(Cl)c(Cl)c2)s1. The Morgan fingerprint density at radius 1 is 1.12 bits per heavy atom. The average Bonchev–Trinajstić information content (AvgIpc) is 3.01. The molecule has 134 valence electrons. The first-order valence-corrected chi connectivity index (χ1v) is 9.17. The lowest BCUT2D eigenvalue weighted by atomic mass is 10.2. The molecule has 0 fully saturated rings. The molecule has 10 heteroatoms. The van der Waals surface area contributed by atoms with E-state index in [1.165, 1.54) is 17.4 Å². The van der Waals surface area contributed by atoms with Crippen molar-refractivity contribution in [2.45, 2.75) is 19.8 Å². The number of carbonyl (C=O) groups excluding carboxylic acids is 2. The smallest absolute Gasteiger partial charge is 0.321 e. The van der Waals surface area contributed by atoms with E-state index in [1.807, 2.05) is 6.92 Å². The fourth-order valence-electron chi connectivity index (χ4n) is 1.85. The highest BCUT2D eigenvalue weighted by molar-refractivity contribution is 7.15. The fraction of sp³-hybridized carbons (Fsp3) is 0.333. The van der Waals surface area contributed by atoms with Crippen molar-refractivity contribution < 1.29 is 9.59 Å². The lowest BCUT2D eigenvalue weighted by molar-refractivity contribution is 0.0954. The molecule has 2 rings (SSSR count). The Balaban J connectivity index is 1.70. The van der Waals surface area contributed by atoms with Gasteiger partial charge in [0, 0.05) is 25.1 Å². The molecule has 1 aromatic carbocycles. The highest BCUT2D eigenvalue weighted by atomic mass is 35.5. The molecule has 0 radical (unpaired) electrons. The van der Waals surface area contributed by atoms with Crippen molar-refractivity contribution in [1.82, 2.24) is 20.8 Å². The summed E-state index contributed by atoms with van der Waals surface area (Å²) in [6.07, 6.45) is 1.81. The number of hydrogen-bond donors (Lipinski definition) is 3. The van der Waals surface area contributed by atoms with Gasteiger partial charge < -0.3 is 10.6 Å². The lowest BCUT2D eigenvalue weighted by Crippen LogP contribution is -2.36. The number of urea groups is 1. The molecule has 0 aliphatic rings. The monoisotopic (exact) mass is 401 g/mol. The van der Waals surface area contributed by atoms with Gasteiger partial charge in [0.15, 0.2) is 0 Å². The van der Waals surface area contributed by atoms with Crippen molar-refractivity contribution >= 4 is 51.6 Å². The summed E-state index contributed by atoms with van der Waals surface area (Å²) in [4.78, 5) is 23.7. The summed E-state index contributed by atoms with van der Waals surface area (Å²) in [5.74, 6) is -0.297. The number of rotatable bonds is 7. The summed E-state index contributed by atoms with van der Waals surface area (Å²) in [6, 6.07) is 4.22. The first-order chi connectivity index (χ1) is 12.0. The summed E-state index contributed by atoms with van der Waals surface area (Å²) >= 11 is 13.0. The number of hydrogen-bond acceptors (Lipinski definition) is 5. The molecule has 2 aromatic rings. The molecule has 0 saturated heterocycles. The topological polar surface area (TPSA) is 96.0 Å². The maximum absolute atomic E-state index is 12.0. The summed E-state index contributed by atoms with van der Waals surface area (Å²) in [5.41, 5.74) is 0.399. The predicted molar refractivity (Wildman–Crippen MR) is 99.7 cm³/mol. The van der Waals surface area contributed by atoms with Crippen molar-refractivity contribution in [3.8, 4) is 0 Å². The van der Waals surface area contributed by atoms with Gasteiger partial charge >= 0.3 is 6.03 Å². The van der Waals surface area contributed by atoms with Crippen LogP contribution in [0.3, 0.4) is 0 Å². The number of anilines is 1. The molecule has 25 heavy (non-hydrogen) atoms. The van der Waals surface area contributed by atoms with Crippen molar-refractivity contribution in [3.05, 3.63) is 38.8 Å². The largest absolute Gasteiger partial charge is 0.350 e. The van der Waals surface area contributed by atoms with Crippen molar-refractivity contribution in [2.75, 3.05) is 18.4 Å². The normalized spacial score (nSPS) is 10.4. The van der Waals surface area contributed by atoms with Gasteiger partial charge in [-0.2, -0.15) is 0 Å². The molecule has 1 heterocycles. The second-order valence-corrected chi connectivity index (χ2v) is 6.89. The fourth-order valence-corrected chi connectivity index (χ4v) is 2.99. The lowest BCUT2D eigenvalue weighted by Gasteiger charge is -2.07. The number of carbonyl (C=O) groups is 2. The van der Waals surface area contributed by atoms with Crippen LogP contribution in [0.4, 0.5) is 9.93 Å². The number of aryl methyl sites for hydroxylation is 1. The van der Waals surface area contributed by atoms with E-state index in [9.17, 15) is 9.59 Å². The third-order valence-electron chi connectivity index (χ3n) is 3.03. The zero-order valence-electron chi connectivity index (χ0n) is 13.4. The maximum Gasteiger partial charge on any atom is 0.321 e. The van der Waals surface area contributed by atoms with Crippen LogP contribution in [0.1, 0.15) is 28.7 Å². The van der Waals surface area contributed by atoms with Crippen molar-refractivity contribution in [2.24, 2.45) is 0 Å². The minimum Gasteiger partial charge on any atom is -0.350 e. The quantitative estimate of drug-likeness (QED) is 0.619. The highest BCUT2D eigenvalue weighted by Gasteiger charge is 2.09. The highest BCUT2D eigenvalue weighted by Crippen LogP contribution is 2.22. The number of nitrogens with zero attached hydrogens (tertiary/aromatic N) is 2. The molecular weight excluding hydrogens is 385 g/mol. The van der Waals surface area contributed by atoms with E-state index in [4.69, 9.17) is 23.2 Å². The Kier molecular flexibility index (Phi) is 7.42. The molecule has 0 aliphatic heterocycles. The first-order valence-electron chi connectivity index (χ1n) is 7.60. The summed E-state index contributed by atoms with van der Waals surface area (Å²) in [7, 11) is 0. The molecule has 0 bridgehead atoms. The van der Waals surface area contributed by atoms with Crippen LogP contribution in [-0.2, 0) is 6.42 Å². The van der Waals surface area contributed by atoms with E-state index < -0.39 is 6.03 Å². The summed E-state index contributed by atoms with van der Waals surface area (Å²) in [5, 5.41) is 17.8. The summed E-state index contributed by atoms with van der Waals surface area (Å²) < 4.78 is 0. The second-order valence-electron chi connectivity index (χ2n) is 5.02. The zero-order valence-corrected chi connectivity index (χ0v) is 15.8. The van der Waals surface area contributed by atoms with E-state index in [2.05, 4.69) is 26.1 Å². The van der Waals surface area contributed by atoms with E-state index in [-0.39, 0.29) is 19.0 Å². The van der Waals surface area contributed by atoms with Crippen LogP contribution in [0, 0.1) is 0 Å². The Labute approximate surface area is 159 Å². The molecule has 0 saturated carbocycles. The molecular formula is C15H17Cl2N5O2S. The van der Waals surface area contributed by atoms with E-state index >= 15 is 0 Å². The standard InChI is InChI=1S/C15H17Cl2N5O2S/c1-2-3-12-21-22-15(25-12)20-14(24)19-7-6-18-13(23)9-4-5-10(16)11(17)8-9/h4-5,8H,2-3,6-7H2,1H3,(H,18,23)(H2,19,20,22,24). The van der Waals surface area contributed by atoms with Gasteiger partial charge in [0.25, 0.3) is 5.91 Å². The molecule has 0 spiro atoms. The van der Waals surface area contributed by atoms with Crippen molar-refractivity contribution in [1.29, 1.82) is 0 Å². The van der Waals surface area contributed by atoms with Crippen LogP contribution in [0.15, 0.2) is 18.2 Å². The van der Waals surface area contributed by atoms with Gasteiger partial charge in [-0.05, 0) is 24.6 Å². The maximum atomic E-state index is 12.0. The molecule has 7 nitrogen and oxygen atoms in total. The number of halogens is 2. The number of nitrogens with one attached hydrogen (secondary N) is 3. The van der Waals surface area contributed by atoms with Crippen LogP contribution in [0.5, 0.6) is 0 Å². The Morgan fingerprint density at radius 3 is 2.60 bits per heavy atom. The second kappa shape index (κ2) is 9.55. The third kappa shape index (κ3) is 6.15. The van der Waals surface area contributed by atoms with Crippen molar-refractivity contribution in [3.63, 3.8) is 0 Å². The Morgan fingerprint density at radius 2 is 1.88 bits per heavy atom. The first kappa shape index (κ1) is 19.4. The van der Waals surface area contributed by atoms with Crippen LogP contribution >= 0.6 is 34.5 Å². The molecule has 3 amide bonds. The van der Waals surface area contributed by atoms with E-state index in [0.717, 1.165) is 17.8 Å². The van der Waals surface area contributed by atoms with Gasteiger partial charge in [0.05, 0.1) is 10.0 Å². The van der Waals surface area contributed by atoms with Crippen LogP contribution in [0.2, 0.25) is 10.0 Å². The minimum absolute atomic E-state index is 0.263. The number of benzene rings is 1. The summed E-state index contributed by atoms with van der Waals surface area (Å²) in [6.45, 7) is 2.58. The van der Waals surface area contributed by atoms with E-state index in [1.54, 1.807) is 12.1 Å². The molecule has 0 atom stereocenters. The molecule has 1 aromatic heterocycles. The van der Waals surface area contributed by atoms with Crippen LogP contribution in [-0.4, -0.2) is 35.2 Å². The third-order valence-corrected chi connectivity index (χ3v) is 4.67. The predicted octanol–water partition coefficient (Wildman–Crippen LogP) is 3.35. The van der Waals surface area contributed by atoms with Gasteiger partial charge in [-0.1, -0.05) is 41.5 Å². The molecule has 3 N–H and O–H groups in total. The zero-order chi connectivity index (χ0) is 18.2. The molecule has 0 aliphatic carbocycles. The minimum atomic E-state index is -0.400. The Hall–Kier alpha value is -1.90. The molecule has 0 unspecified atom stereocenters. The average molecular weight is 402 g/mol. The van der Waals surface area contributed by atoms with Gasteiger partial charge in [0.1, 0.15) is 5.01 Å². The van der Waals surface area contributed by atoms with Gasteiger partial charge in [-0.25, -0.2) is 4.79 Å². The van der Waals surface area contributed by atoms with Crippen LogP contribution < -0.4 is 16.0 Å².